The minimum Gasteiger partial charge on any atom is -0.497 e. The number of esters is 1. The second-order valence-electron chi connectivity index (χ2n) is 8.91. The molecule has 1 heterocycles. The molecule has 0 aromatic heterocycles. The number of hydrazone groups is 1. The fraction of sp³-hybridized carbons (Fsp3) is 0.133. The lowest BCUT2D eigenvalue weighted by Crippen LogP contribution is -2.36. The Bertz CT molecular complexity index is 1520. The van der Waals surface area contributed by atoms with Crippen LogP contribution in [0.3, 0.4) is 0 Å². The number of halogens is 3. The largest absolute Gasteiger partial charge is 0.497 e. The number of methoxy groups -OCH3 is 2. The number of carbonyl (C=O) groups is 1. The first-order chi connectivity index (χ1) is 18.8. The van der Waals surface area contributed by atoms with E-state index < -0.39 is 12.1 Å². The summed E-state index contributed by atoms with van der Waals surface area (Å²) in [4.78, 5) is 14.2. The SMILES string of the molecule is COC(=O)c1ccc(C2=NN(c3c(Cl)cc(C)cc3Cl)C(c3ccc(Br)cc3)N2c2ccc(OC)cc2)cc1. The molecule has 39 heavy (non-hydrogen) atoms. The minimum absolute atomic E-state index is 0.408. The average Bonchev–Trinajstić information content (AvgIpc) is 3.32. The molecule has 0 spiro atoms. The van der Waals surface area contributed by atoms with E-state index >= 15 is 0 Å². The minimum atomic E-state index is -0.431. The van der Waals surface area contributed by atoms with Gasteiger partial charge in [-0.3, -0.25) is 4.90 Å². The Morgan fingerprint density at radius 3 is 2.08 bits per heavy atom. The topological polar surface area (TPSA) is 54.4 Å². The van der Waals surface area contributed by atoms with Crippen LogP contribution in [0.15, 0.2) is 94.5 Å². The van der Waals surface area contributed by atoms with Crippen molar-refractivity contribution in [2.24, 2.45) is 5.10 Å². The Morgan fingerprint density at radius 1 is 0.897 bits per heavy atom. The van der Waals surface area contributed by atoms with Gasteiger partial charge in [0.05, 0.1) is 35.5 Å². The van der Waals surface area contributed by atoms with Gasteiger partial charge in [0.2, 0.25) is 0 Å². The molecule has 198 valence electrons. The summed E-state index contributed by atoms with van der Waals surface area (Å²) in [5.41, 5.74) is 4.62. The molecule has 0 amide bonds. The van der Waals surface area contributed by atoms with Gasteiger partial charge in [-0.1, -0.05) is 63.4 Å². The molecule has 6 nitrogen and oxygen atoms in total. The van der Waals surface area contributed by atoms with Crippen molar-refractivity contribution in [2.75, 3.05) is 24.1 Å². The predicted molar refractivity (Wildman–Crippen MR) is 160 cm³/mol. The molecule has 1 atom stereocenters. The van der Waals surface area contributed by atoms with Crippen LogP contribution in [0.2, 0.25) is 10.0 Å². The number of nitrogens with zero attached hydrogens (tertiary/aromatic N) is 3. The zero-order chi connectivity index (χ0) is 27.7. The molecule has 0 fully saturated rings. The number of benzene rings is 4. The van der Waals surface area contributed by atoms with Gasteiger partial charge in [-0.15, -0.1) is 0 Å². The van der Waals surface area contributed by atoms with Gasteiger partial charge in [0, 0.05) is 15.7 Å². The first kappa shape index (κ1) is 27.1. The Balaban J connectivity index is 1.74. The van der Waals surface area contributed by atoms with Crippen LogP contribution in [-0.2, 0) is 4.74 Å². The normalized spacial score (nSPS) is 14.8. The van der Waals surface area contributed by atoms with Crippen molar-refractivity contribution in [1.29, 1.82) is 0 Å². The summed E-state index contributed by atoms with van der Waals surface area (Å²) in [6, 6.07) is 26.7. The van der Waals surface area contributed by atoms with E-state index in [1.165, 1.54) is 7.11 Å². The fourth-order valence-electron chi connectivity index (χ4n) is 4.52. The molecule has 0 bridgehead atoms. The van der Waals surface area contributed by atoms with E-state index in [4.69, 9.17) is 37.8 Å². The molecule has 1 aliphatic heterocycles. The van der Waals surface area contributed by atoms with Gasteiger partial charge in [-0.05, 0) is 78.7 Å². The fourth-order valence-corrected chi connectivity index (χ4v) is 5.55. The van der Waals surface area contributed by atoms with Crippen LogP contribution >= 0.6 is 39.1 Å². The van der Waals surface area contributed by atoms with E-state index in [-0.39, 0.29) is 0 Å². The van der Waals surface area contributed by atoms with Crippen LogP contribution in [0.1, 0.15) is 33.2 Å². The van der Waals surface area contributed by atoms with Crippen LogP contribution in [0.5, 0.6) is 5.75 Å². The molecular weight excluding hydrogens is 601 g/mol. The number of hydrogen-bond acceptors (Lipinski definition) is 6. The summed E-state index contributed by atoms with van der Waals surface area (Å²) in [5, 5.41) is 7.93. The lowest BCUT2D eigenvalue weighted by molar-refractivity contribution is 0.0600. The van der Waals surface area contributed by atoms with Gasteiger partial charge in [0.15, 0.2) is 12.0 Å². The van der Waals surface area contributed by atoms with Gasteiger partial charge in [-0.25, -0.2) is 9.80 Å². The number of aryl methyl sites for hydroxylation is 1. The van der Waals surface area contributed by atoms with E-state index in [0.29, 0.717) is 27.1 Å². The molecule has 0 radical (unpaired) electrons. The zero-order valence-corrected chi connectivity index (χ0v) is 24.5. The van der Waals surface area contributed by atoms with Gasteiger partial charge in [-0.2, -0.15) is 5.10 Å². The van der Waals surface area contributed by atoms with E-state index in [0.717, 1.165) is 32.6 Å². The molecule has 5 rings (SSSR count). The maximum Gasteiger partial charge on any atom is 0.337 e. The Morgan fingerprint density at radius 2 is 1.51 bits per heavy atom. The maximum absolute atomic E-state index is 12.1. The molecule has 1 aliphatic rings. The van der Waals surface area contributed by atoms with Crippen LogP contribution in [0.4, 0.5) is 11.4 Å². The monoisotopic (exact) mass is 623 g/mol. The Hall–Kier alpha value is -3.52. The summed E-state index contributed by atoms with van der Waals surface area (Å²) in [6.45, 7) is 1.94. The molecule has 9 heteroatoms. The third kappa shape index (κ3) is 5.35. The number of ether oxygens (including phenoxy) is 2. The number of carbonyl (C=O) groups excluding carboxylic acids is 1. The third-order valence-corrected chi connectivity index (χ3v) is 7.49. The Labute approximate surface area is 245 Å². The van der Waals surface area contributed by atoms with Gasteiger partial charge in [0.25, 0.3) is 0 Å². The zero-order valence-electron chi connectivity index (χ0n) is 21.4. The summed E-state index contributed by atoms with van der Waals surface area (Å²) >= 11 is 17.1. The van der Waals surface area contributed by atoms with E-state index in [1.54, 1.807) is 19.2 Å². The Kier molecular flexibility index (Phi) is 7.84. The molecule has 0 aliphatic carbocycles. The molecule has 0 saturated carbocycles. The quantitative estimate of drug-likeness (QED) is 0.202. The highest BCUT2D eigenvalue weighted by molar-refractivity contribution is 9.10. The van der Waals surface area contributed by atoms with Crippen LogP contribution in [0.25, 0.3) is 0 Å². The highest BCUT2D eigenvalue weighted by Crippen LogP contribution is 2.46. The molecule has 0 N–H and O–H groups in total. The van der Waals surface area contributed by atoms with Crippen molar-refractivity contribution in [3.8, 4) is 5.75 Å². The molecule has 0 saturated heterocycles. The van der Waals surface area contributed by atoms with Crippen molar-refractivity contribution in [1.82, 2.24) is 0 Å². The third-order valence-electron chi connectivity index (χ3n) is 6.38. The van der Waals surface area contributed by atoms with E-state index in [1.807, 2.05) is 84.7 Å². The van der Waals surface area contributed by atoms with Gasteiger partial charge < -0.3 is 9.47 Å². The highest BCUT2D eigenvalue weighted by Gasteiger charge is 2.39. The number of hydrogen-bond donors (Lipinski definition) is 0. The molecule has 1 unspecified atom stereocenters. The first-order valence-corrected chi connectivity index (χ1v) is 13.6. The summed E-state index contributed by atoms with van der Waals surface area (Å²) in [5.74, 6) is 0.979. The second-order valence-corrected chi connectivity index (χ2v) is 10.6. The number of amidine groups is 1. The van der Waals surface area contributed by atoms with Crippen LogP contribution < -0.4 is 14.6 Å². The lowest BCUT2D eigenvalue weighted by atomic mass is 10.1. The van der Waals surface area contributed by atoms with Crippen molar-refractivity contribution in [3.63, 3.8) is 0 Å². The average molecular weight is 625 g/mol. The summed E-state index contributed by atoms with van der Waals surface area (Å²) in [6.07, 6.45) is -0.431. The van der Waals surface area contributed by atoms with Crippen molar-refractivity contribution in [2.45, 2.75) is 13.1 Å². The molecular formula is C30H24BrCl2N3O3. The smallest absolute Gasteiger partial charge is 0.337 e. The van der Waals surface area contributed by atoms with E-state index in [2.05, 4.69) is 20.8 Å². The van der Waals surface area contributed by atoms with Gasteiger partial charge in [0.1, 0.15) is 5.75 Å². The number of rotatable bonds is 6. The first-order valence-electron chi connectivity index (χ1n) is 12.0. The summed E-state index contributed by atoms with van der Waals surface area (Å²) in [7, 11) is 2.99. The molecule has 4 aromatic carbocycles. The van der Waals surface area contributed by atoms with Crippen LogP contribution in [-0.4, -0.2) is 26.0 Å². The van der Waals surface area contributed by atoms with Crippen LogP contribution in [0, 0.1) is 6.92 Å². The predicted octanol–water partition coefficient (Wildman–Crippen LogP) is 8.25. The van der Waals surface area contributed by atoms with Crippen molar-refractivity contribution < 1.29 is 14.3 Å². The lowest BCUT2D eigenvalue weighted by Gasteiger charge is -2.33. The maximum atomic E-state index is 12.1. The highest BCUT2D eigenvalue weighted by atomic mass is 79.9. The van der Waals surface area contributed by atoms with Gasteiger partial charge >= 0.3 is 5.97 Å². The second kappa shape index (κ2) is 11.3. The van der Waals surface area contributed by atoms with E-state index in [9.17, 15) is 4.79 Å². The van der Waals surface area contributed by atoms with Crippen molar-refractivity contribution in [3.05, 3.63) is 122 Å². The number of anilines is 2. The van der Waals surface area contributed by atoms with Crippen molar-refractivity contribution >= 4 is 62.3 Å². The summed E-state index contributed by atoms with van der Waals surface area (Å²) < 4.78 is 11.2. The molecule has 4 aromatic rings. The standard InChI is InChI=1S/C30H24BrCl2N3O3/c1-18-16-25(32)27(26(33)17-18)36-29(20-8-10-22(31)11-9-20)35(23-12-14-24(38-2)15-13-23)28(34-36)19-4-6-21(7-5-19)30(37)39-3/h4-17,29H,1-3H3.